The summed E-state index contributed by atoms with van der Waals surface area (Å²) in [6.07, 6.45) is 15.2. The third kappa shape index (κ3) is 61.6. The number of aliphatic carboxylic acids is 2. The zero-order valence-corrected chi connectivity index (χ0v) is 68.3. The molecule has 0 aliphatic rings. The molecule has 0 spiro atoms. The van der Waals surface area contributed by atoms with Crippen molar-refractivity contribution >= 4 is 138 Å². The molecular formula is C84H104B2Cl2O24. The number of esters is 4. The van der Waals surface area contributed by atoms with Gasteiger partial charge in [-0.15, -0.1) is 0 Å². The summed E-state index contributed by atoms with van der Waals surface area (Å²) in [5, 5.41) is 40.9. The summed E-state index contributed by atoms with van der Waals surface area (Å²) in [5.41, 5.74) is 17.3. The van der Waals surface area contributed by atoms with Crippen molar-refractivity contribution < 1.29 is 116 Å². The van der Waals surface area contributed by atoms with Crippen LogP contribution in [0.4, 0.5) is 9.59 Å². The number of carboxylic acids is 2. The zero-order valence-electron chi connectivity index (χ0n) is 66.8. The number of phenolic OH excluding ortho intramolecular Hbond substituents is 1. The van der Waals surface area contributed by atoms with Gasteiger partial charge in [-0.25, -0.2) is 28.8 Å². The molecule has 6 aromatic rings. The van der Waals surface area contributed by atoms with E-state index >= 15 is 0 Å². The fourth-order valence-corrected chi connectivity index (χ4v) is 7.55. The van der Waals surface area contributed by atoms with Crippen molar-refractivity contribution in [1.29, 1.82) is 0 Å². The molecule has 0 heterocycles. The first-order chi connectivity index (χ1) is 52.5. The van der Waals surface area contributed by atoms with E-state index in [4.69, 9.17) is 41.3 Å². The fourth-order valence-electron chi connectivity index (χ4n) is 7.44. The van der Waals surface area contributed by atoms with Crippen molar-refractivity contribution in [3.63, 3.8) is 0 Å². The second kappa shape index (κ2) is 64.5. The Hall–Kier alpha value is -11.3. The van der Waals surface area contributed by atoms with Gasteiger partial charge in [-0.05, 0) is 260 Å². The van der Waals surface area contributed by atoms with Gasteiger partial charge in [0.05, 0.1) is 46.4 Å². The van der Waals surface area contributed by atoms with Crippen LogP contribution in [0.3, 0.4) is 0 Å². The van der Waals surface area contributed by atoms with Gasteiger partial charge in [0.2, 0.25) is 5.24 Å². The topological polar surface area (TPSA) is 378 Å². The number of rotatable bonds is 22. The molecule has 28 heteroatoms. The molecule has 604 valence electrons. The molecule has 0 amide bonds. The molecule has 5 N–H and O–H groups in total. The minimum absolute atomic E-state index is 0.0213. The Morgan fingerprint density at radius 3 is 0.982 bits per heavy atom. The molecule has 0 saturated carbocycles. The van der Waals surface area contributed by atoms with Crippen molar-refractivity contribution in [1.82, 2.24) is 0 Å². The Morgan fingerprint density at radius 1 is 0.411 bits per heavy atom. The van der Waals surface area contributed by atoms with Crippen LogP contribution in [-0.4, -0.2) is 143 Å². The van der Waals surface area contributed by atoms with Crippen LogP contribution in [0.25, 0.3) is 30.4 Å². The predicted molar refractivity (Wildman–Crippen MR) is 437 cm³/mol. The predicted octanol–water partition coefficient (Wildman–Crippen LogP) is 16.1. The summed E-state index contributed by atoms with van der Waals surface area (Å²) < 4.78 is 35.9. The molecule has 0 aromatic heterocycles. The van der Waals surface area contributed by atoms with Gasteiger partial charge >= 0.3 is 76.2 Å². The summed E-state index contributed by atoms with van der Waals surface area (Å²) in [4.78, 5) is 126. The number of Topliss-reactive ketones (excluding diaryl/α,β-unsaturated/α-hetero) is 1. The van der Waals surface area contributed by atoms with E-state index in [1.807, 2.05) is 153 Å². The van der Waals surface area contributed by atoms with Crippen LogP contribution in [0.15, 0.2) is 140 Å². The number of benzene rings is 6. The van der Waals surface area contributed by atoms with Crippen molar-refractivity contribution in [3.05, 3.63) is 234 Å². The Bertz CT molecular complexity index is 4080. The Morgan fingerprint density at radius 2 is 0.705 bits per heavy atom. The normalized spacial score (nSPS) is 9.80. The Balaban J connectivity index is -0.000000594. The molecular weight excluding hydrogens is 1490 g/mol. The number of allylic oxidation sites excluding steroid dienone is 1. The molecule has 0 unspecified atom stereocenters. The van der Waals surface area contributed by atoms with Crippen LogP contribution >= 0.6 is 23.2 Å². The number of halogens is 2. The molecule has 0 aliphatic carbocycles. The van der Waals surface area contributed by atoms with E-state index in [1.165, 1.54) is 89.3 Å². The number of hydrogen-bond acceptors (Lipinski definition) is 22. The Kier molecular flexibility index (Phi) is 61.6. The number of ketones is 2. The average Bonchev–Trinajstić information content (AvgIpc) is 0.913. The van der Waals surface area contributed by atoms with E-state index in [0.717, 1.165) is 62.9 Å². The maximum absolute atomic E-state index is 11.5. The molecule has 0 saturated heterocycles. The number of methoxy groups -OCH3 is 1. The number of aryl methyl sites for hydroxylation is 11. The van der Waals surface area contributed by atoms with Gasteiger partial charge in [0.1, 0.15) is 17.8 Å². The van der Waals surface area contributed by atoms with Gasteiger partial charge in [0.25, 0.3) is 0 Å². The van der Waals surface area contributed by atoms with Crippen molar-refractivity contribution in [2.24, 2.45) is 0 Å². The molecule has 0 atom stereocenters. The fraction of sp³-hybridized carbons (Fsp3) is 0.310. The van der Waals surface area contributed by atoms with E-state index in [2.05, 4.69) is 42.2 Å². The van der Waals surface area contributed by atoms with Gasteiger partial charge in [-0.3, -0.25) is 24.0 Å². The van der Waals surface area contributed by atoms with E-state index in [0.29, 0.717) is 26.2 Å². The first-order valence-corrected chi connectivity index (χ1v) is 35.4. The third-order valence-corrected chi connectivity index (χ3v) is 14.1. The second-order valence-electron chi connectivity index (χ2n) is 23.3. The van der Waals surface area contributed by atoms with Gasteiger partial charge < -0.3 is 48.5 Å². The van der Waals surface area contributed by atoms with Crippen LogP contribution in [-0.2, 0) is 76.3 Å². The minimum atomic E-state index is -1.80. The van der Waals surface area contributed by atoms with Gasteiger partial charge in [0, 0.05) is 61.2 Å². The first kappa shape index (κ1) is 107. The van der Waals surface area contributed by atoms with Crippen molar-refractivity contribution in [3.8, 4) is 5.75 Å². The molecule has 6 aromatic carbocycles. The average molecular weight is 1590 g/mol. The third-order valence-electron chi connectivity index (χ3n) is 14.0. The molecule has 0 aliphatic heterocycles. The number of carbonyl (C=O) groups is 12. The number of aldehydes is 1. The van der Waals surface area contributed by atoms with Gasteiger partial charge in [-0.2, -0.15) is 0 Å². The van der Waals surface area contributed by atoms with Crippen LogP contribution in [0.5, 0.6) is 5.75 Å². The molecule has 6 rings (SSSR count). The molecule has 112 heavy (non-hydrogen) atoms. The molecule has 0 radical (unpaired) electrons. The molecule has 0 bridgehead atoms. The number of ether oxygens (including phenoxy) is 6. The van der Waals surface area contributed by atoms with Gasteiger partial charge in [0.15, 0.2) is 5.78 Å². The SMILES string of the molecule is CC(=O)Cl.CCOC(=O)CCC(=O)/C=C/c1ccc(O)c(C)c1.CCOC(=O)CCC(C)=O.CCOC(=O)Cl.CCOC(=O)OC(=O)/C=C/c1ccc(C)c(C)c1.COC(=O)/C=C/c1ccc(C)c(C)c1.Cc1ccc(/C=C/C(=O)O)cc1C.Cc1ccc(/C=C/C(=O)O)cc1C.Cc1ccc(C=O)cc1C.O=BB(O)O. The number of phenols is 1. The monoisotopic (exact) mass is 1590 g/mol. The standard InChI is InChI=1S/C15H18O4.C14H16O4.C12H14O2.2C11H12O2.C9H10O.C7H12O3.C3H5ClO2.C2H3ClO.B2H2O3/c1-3-19-15(18)9-7-13(16)6-4-12-5-8-14(17)11(2)10-12;1-4-17-14(16)18-13(15)8-7-12-6-5-10(2)11(3)9-12;1-9-4-5-11(8-10(9)2)6-7-12(13)14-3;2*1-8-3-4-10(7-9(8)2)5-6-11(12)13;1-7-3-4-9(6-10)5-8(7)2;1-3-10-7(9)5-4-6(2)8;1-2-6-3(4)5;1-2(3)4;3-1-2(4)5/h4-6,8,10,17H,3,7,9H2,1-2H3;5-9H,4H2,1-3H3;4-8H,1-3H3;2*3-7H,1-2H3,(H,12,13);3-6H,1-2H3;3-5H2,1-2H3;2H2,1H3;1H3;4-5H/b6-4+;8-7+;7-6+;2*6-5+;;;;;. The first-order valence-electron chi connectivity index (χ1n) is 34.6. The molecule has 24 nitrogen and oxygen atoms in total. The van der Waals surface area contributed by atoms with Gasteiger partial charge in [-0.1, -0.05) is 97.1 Å². The number of carbonyl (C=O) groups excluding carboxylic acids is 10. The molecule has 0 fully saturated rings. The Labute approximate surface area is 667 Å². The van der Waals surface area contributed by atoms with Crippen molar-refractivity contribution in [2.75, 3.05) is 33.5 Å². The summed E-state index contributed by atoms with van der Waals surface area (Å²) in [6, 6.07) is 34.3. The van der Waals surface area contributed by atoms with Crippen molar-refractivity contribution in [2.45, 2.75) is 143 Å². The summed E-state index contributed by atoms with van der Waals surface area (Å²) in [5.74, 6) is -3.44. The second-order valence-corrected chi connectivity index (χ2v) is 24.2. The number of aromatic hydroxyl groups is 1. The van der Waals surface area contributed by atoms with E-state index in [-0.39, 0.29) is 73.4 Å². The van der Waals surface area contributed by atoms with Crippen LogP contribution in [0, 0.1) is 76.2 Å². The van der Waals surface area contributed by atoms with Crippen LogP contribution in [0.2, 0.25) is 0 Å². The van der Waals surface area contributed by atoms with Crippen LogP contribution in [0.1, 0.15) is 167 Å². The summed E-state index contributed by atoms with van der Waals surface area (Å²) in [7, 11) is -0.400. The number of carboxylic acid groups (broad SMARTS) is 2. The van der Waals surface area contributed by atoms with Crippen LogP contribution < -0.4 is 0 Å². The summed E-state index contributed by atoms with van der Waals surface area (Å²) >= 11 is 9.35. The number of hydrogen-bond donors (Lipinski definition) is 5. The quantitative estimate of drug-likeness (QED) is 0.00801. The van der Waals surface area contributed by atoms with E-state index in [1.54, 1.807) is 83.2 Å². The van der Waals surface area contributed by atoms with E-state index < -0.39 is 36.5 Å². The summed E-state index contributed by atoms with van der Waals surface area (Å²) in [6.45, 7) is 32.8. The zero-order chi connectivity index (χ0) is 86.4. The van der Waals surface area contributed by atoms with E-state index in [9.17, 15) is 62.6 Å². The maximum atomic E-state index is 11.5.